The number of rotatable bonds is 6. The molecule has 126 valence electrons. The molecule has 1 amide bonds. The molecule has 6 nitrogen and oxygen atoms in total. The highest BCUT2D eigenvalue weighted by Crippen LogP contribution is 2.21. The van der Waals surface area contributed by atoms with Crippen LogP contribution >= 0.6 is 0 Å². The highest BCUT2D eigenvalue weighted by Gasteiger charge is 2.05. The number of para-hydroxylation sites is 1. The smallest absolute Gasteiger partial charge is 0.262 e. The van der Waals surface area contributed by atoms with Gasteiger partial charge in [0.2, 0.25) is 5.88 Å². The molecule has 0 bridgehead atoms. The number of nitrogens with zero attached hydrogens (tertiary/aromatic N) is 2. The van der Waals surface area contributed by atoms with E-state index in [0.717, 1.165) is 5.69 Å². The molecule has 2 aromatic carbocycles. The SMILES string of the molecule is Cc1ccc(Oc2ccc(NC(=O)COc3ccccc3)cc2)nn1. The summed E-state index contributed by atoms with van der Waals surface area (Å²) >= 11 is 0. The van der Waals surface area contributed by atoms with Crippen LogP contribution in [-0.4, -0.2) is 22.7 Å². The van der Waals surface area contributed by atoms with Crippen LogP contribution in [-0.2, 0) is 4.79 Å². The van der Waals surface area contributed by atoms with Crippen LogP contribution in [0.25, 0.3) is 0 Å². The van der Waals surface area contributed by atoms with Gasteiger partial charge in [-0.25, -0.2) is 0 Å². The van der Waals surface area contributed by atoms with Gasteiger partial charge in [-0.15, -0.1) is 5.10 Å². The first-order valence-electron chi connectivity index (χ1n) is 7.75. The largest absolute Gasteiger partial charge is 0.484 e. The topological polar surface area (TPSA) is 73.3 Å². The zero-order valence-corrected chi connectivity index (χ0v) is 13.7. The maximum Gasteiger partial charge on any atom is 0.262 e. The summed E-state index contributed by atoms with van der Waals surface area (Å²) in [6, 6.07) is 19.7. The number of nitrogens with one attached hydrogen (secondary N) is 1. The molecule has 1 heterocycles. The molecule has 0 atom stereocenters. The Hall–Kier alpha value is -3.41. The second kappa shape index (κ2) is 7.92. The van der Waals surface area contributed by atoms with Gasteiger partial charge in [0.1, 0.15) is 11.5 Å². The van der Waals surface area contributed by atoms with E-state index in [1.54, 1.807) is 42.5 Å². The Morgan fingerprint density at radius 2 is 1.68 bits per heavy atom. The number of aryl methyl sites for hydroxylation is 1. The van der Waals surface area contributed by atoms with Gasteiger partial charge in [0.25, 0.3) is 5.91 Å². The molecule has 25 heavy (non-hydrogen) atoms. The Kier molecular flexibility index (Phi) is 5.21. The fourth-order valence-electron chi connectivity index (χ4n) is 2.03. The predicted octanol–water partition coefficient (Wildman–Crippen LogP) is 3.59. The molecule has 0 aliphatic carbocycles. The highest BCUT2D eigenvalue weighted by atomic mass is 16.5. The van der Waals surface area contributed by atoms with Crippen molar-refractivity contribution in [2.24, 2.45) is 0 Å². The van der Waals surface area contributed by atoms with Gasteiger partial charge in [0.15, 0.2) is 6.61 Å². The number of anilines is 1. The average molecular weight is 335 g/mol. The minimum absolute atomic E-state index is 0.0543. The Balaban J connectivity index is 1.51. The number of hydrogen-bond acceptors (Lipinski definition) is 5. The van der Waals surface area contributed by atoms with Crippen molar-refractivity contribution in [2.75, 3.05) is 11.9 Å². The van der Waals surface area contributed by atoms with E-state index >= 15 is 0 Å². The number of ether oxygens (including phenoxy) is 2. The molecule has 1 N–H and O–H groups in total. The van der Waals surface area contributed by atoms with Crippen molar-refractivity contribution in [2.45, 2.75) is 6.92 Å². The third-order valence-corrected chi connectivity index (χ3v) is 3.25. The van der Waals surface area contributed by atoms with Crippen molar-refractivity contribution in [3.8, 4) is 17.4 Å². The summed E-state index contributed by atoms with van der Waals surface area (Å²) in [5.74, 6) is 1.44. The zero-order valence-electron chi connectivity index (χ0n) is 13.7. The summed E-state index contributed by atoms with van der Waals surface area (Å²) < 4.78 is 11.0. The van der Waals surface area contributed by atoms with Crippen molar-refractivity contribution < 1.29 is 14.3 Å². The first-order valence-corrected chi connectivity index (χ1v) is 7.75. The van der Waals surface area contributed by atoms with Gasteiger partial charge >= 0.3 is 0 Å². The minimum atomic E-state index is -0.234. The summed E-state index contributed by atoms with van der Waals surface area (Å²) in [5.41, 5.74) is 1.48. The molecule has 0 spiro atoms. The first kappa shape index (κ1) is 16.4. The van der Waals surface area contributed by atoms with Crippen molar-refractivity contribution in [3.63, 3.8) is 0 Å². The molecule has 1 aromatic heterocycles. The van der Waals surface area contributed by atoms with E-state index in [1.807, 2.05) is 31.2 Å². The molecule has 0 radical (unpaired) electrons. The van der Waals surface area contributed by atoms with Crippen LogP contribution in [0.5, 0.6) is 17.4 Å². The lowest BCUT2D eigenvalue weighted by Gasteiger charge is -2.08. The fourth-order valence-corrected chi connectivity index (χ4v) is 2.03. The summed E-state index contributed by atoms with van der Waals surface area (Å²) in [4.78, 5) is 11.9. The molecular formula is C19H17N3O3. The number of aromatic nitrogens is 2. The van der Waals surface area contributed by atoms with Gasteiger partial charge in [0, 0.05) is 11.8 Å². The third kappa shape index (κ3) is 5.04. The summed E-state index contributed by atoms with van der Waals surface area (Å²) in [6.45, 7) is 1.80. The standard InChI is InChI=1S/C19H17N3O3/c1-14-7-12-19(22-21-14)25-17-10-8-15(9-11-17)20-18(23)13-24-16-5-3-2-4-6-16/h2-12H,13H2,1H3,(H,20,23). The Morgan fingerprint density at radius 1 is 0.920 bits per heavy atom. The van der Waals surface area contributed by atoms with E-state index in [0.29, 0.717) is 23.1 Å². The molecule has 0 unspecified atom stereocenters. The van der Waals surface area contributed by atoms with E-state index in [1.165, 1.54) is 0 Å². The van der Waals surface area contributed by atoms with Crippen LogP contribution < -0.4 is 14.8 Å². The highest BCUT2D eigenvalue weighted by molar-refractivity contribution is 5.91. The zero-order chi connectivity index (χ0) is 17.5. The molecule has 0 saturated carbocycles. The van der Waals surface area contributed by atoms with Crippen molar-refractivity contribution >= 4 is 11.6 Å². The van der Waals surface area contributed by atoms with Gasteiger partial charge in [-0.05, 0) is 49.4 Å². The van der Waals surface area contributed by atoms with Crippen LogP contribution in [0, 0.1) is 6.92 Å². The maximum absolute atomic E-state index is 11.9. The van der Waals surface area contributed by atoms with Crippen LogP contribution in [0.15, 0.2) is 66.7 Å². The summed E-state index contributed by atoms with van der Waals surface area (Å²) in [6.07, 6.45) is 0. The number of carbonyl (C=O) groups is 1. The number of carbonyl (C=O) groups excluding carboxylic acids is 1. The molecule has 0 aliphatic rings. The van der Waals surface area contributed by atoms with Crippen LogP contribution in [0.3, 0.4) is 0 Å². The lowest BCUT2D eigenvalue weighted by atomic mass is 10.3. The van der Waals surface area contributed by atoms with Gasteiger partial charge in [-0.3, -0.25) is 4.79 Å². The van der Waals surface area contributed by atoms with Crippen LogP contribution in [0.2, 0.25) is 0 Å². The molecule has 3 aromatic rings. The third-order valence-electron chi connectivity index (χ3n) is 3.25. The Bertz CT molecular complexity index is 819. The Labute approximate surface area is 145 Å². The normalized spacial score (nSPS) is 10.1. The van der Waals surface area contributed by atoms with Gasteiger partial charge < -0.3 is 14.8 Å². The summed E-state index contributed by atoms with van der Waals surface area (Å²) in [5, 5.41) is 10.6. The molecule has 0 saturated heterocycles. The van der Waals surface area contributed by atoms with Crippen molar-refractivity contribution in [1.82, 2.24) is 10.2 Å². The predicted molar refractivity (Wildman–Crippen MR) is 93.9 cm³/mol. The van der Waals surface area contributed by atoms with Crippen molar-refractivity contribution in [3.05, 3.63) is 72.4 Å². The van der Waals surface area contributed by atoms with Crippen molar-refractivity contribution in [1.29, 1.82) is 0 Å². The van der Waals surface area contributed by atoms with E-state index in [4.69, 9.17) is 9.47 Å². The summed E-state index contributed by atoms with van der Waals surface area (Å²) in [7, 11) is 0. The molecule has 3 rings (SSSR count). The van der Waals surface area contributed by atoms with E-state index in [9.17, 15) is 4.79 Å². The van der Waals surface area contributed by atoms with Crippen LogP contribution in [0.1, 0.15) is 5.69 Å². The first-order chi connectivity index (χ1) is 12.2. The lowest BCUT2D eigenvalue weighted by molar-refractivity contribution is -0.118. The number of hydrogen-bond donors (Lipinski definition) is 1. The van der Waals surface area contributed by atoms with E-state index in [-0.39, 0.29) is 12.5 Å². The molecular weight excluding hydrogens is 318 g/mol. The van der Waals surface area contributed by atoms with Crippen LogP contribution in [0.4, 0.5) is 5.69 Å². The maximum atomic E-state index is 11.9. The lowest BCUT2D eigenvalue weighted by Crippen LogP contribution is -2.20. The Morgan fingerprint density at radius 3 is 2.36 bits per heavy atom. The van der Waals surface area contributed by atoms with Gasteiger partial charge in [-0.2, -0.15) is 5.10 Å². The van der Waals surface area contributed by atoms with Gasteiger partial charge in [-0.1, -0.05) is 18.2 Å². The minimum Gasteiger partial charge on any atom is -0.484 e. The average Bonchev–Trinajstić information content (AvgIpc) is 2.64. The second-order valence-corrected chi connectivity index (χ2v) is 5.29. The molecule has 6 heteroatoms. The monoisotopic (exact) mass is 335 g/mol. The molecule has 0 fully saturated rings. The quantitative estimate of drug-likeness (QED) is 0.745. The number of amides is 1. The van der Waals surface area contributed by atoms with E-state index < -0.39 is 0 Å². The van der Waals surface area contributed by atoms with E-state index in [2.05, 4.69) is 15.5 Å². The molecule has 0 aliphatic heterocycles. The fraction of sp³-hybridized carbons (Fsp3) is 0.105. The number of benzene rings is 2. The van der Waals surface area contributed by atoms with Gasteiger partial charge in [0.05, 0.1) is 5.69 Å². The second-order valence-electron chi connectivity index (χ2n) is 5.29.